The predicted octanol–water partition coefficient (Wildman–Crippen LogP) is 3.73. The van der Waals surface area contributed by atoms with E-state index < -0.39 is 0 Å². The van der Waals surface area contributed by atoms with Crippen LogP contribution >= 0.6 is 11.3 Å². The molecule has 6 heteroatoms. The number of para-hydroxylation sites is 1. The summed E-state index contributed by atoms with van der Waals surface area (Å²) >= 11 is 1.59. The van der Waals surface area contributed by atoms with Gasteiger partial charge >= 0.3 is 0 Å². The quantitative estimate of drug-likeness (QED) is 0.800. The molecule has 1 N–H and O–H groups in total. The molecule has 0 fully saturated rings. The van der Waals surface area contributed by atoms with E-state index in [1.54, 1.807) is 11.3 Å². The number of nitrogens with one attached hydrogen (secondary N) is 1. The number of carbonyl (C=O) groups is 1. The van der Waals surface area contributed by atoms with E-state index in [1.807, 2.05) is 41.9 Å². The number of nitrogens with zero attached hydrogens (tertiary/aromatic N) is 2. The minimum Gasteiger partial charge on any atom is -0.334 e. The third-order valence-electron chi connectivity index (χ3n) is 2.99. The van der Waals surface area contributed by atoms with Crippen LogP contribution < -0.4 is 5.32 Å². The molecule has 2 heterocycles. The number of aromatic nitrogens is 2. The second-order valence-corrected chi connectivity index (χ2v) is 5.36. The van der Waals surface area contributed by atoms with Crippen molar-refractivity contribution in [2.24, 2.45) is 0 Å². The maximum atomic E-state index is 11.3. The third kappa shape index (κ3) is 2.71. The Morgan fingerprint density at radius 2 is 2.05 bits per heavy atom. The molecule has 21 heavy (non-hydrogen) atoms. The molecule has 5 nitrogen and oxygen atoms in total. The van der Waals surface area contributed by atoms with Gasteiger partial charge < -0.3 is 9.84 Å². The number of rotatable bonds is 3. The molecule has 1 aromatic carbocycles. The van der Waals surface area contributed by atoms with Gasteiger partial charge in [-0.05, 0) is 30.0 Å². The maximum Gasteiger partial charge on any atom is 0.259 e. The van der Waals surface area contributed by atoms with Crippen molar-refractivity contribution in [1.29, 1.82) is 0 Å². The van der Waals surface area contributed by atoms with Crippen LogP contribution in [-0.2, 0) is 4.79 Å². The number of anilines is 1. The van der Waals surface area contributed by atoms with Gasteiger partial charge in [0.25, 0.3) is 5.89 Å². The predicted molar refractivity (Wildman–Crippen MR) is 82.1 cm³/mol. The van der Waals surface area contributed by atoms with Crippen molar-refractivity contribution in [2.75, 3.05) is 5.32 Å². The number of benzene rings is 1. The van der Waals surface area contributed by atoms with Crippen LogP contribution in [0.25, 0.3) is 22.8 Å². The first-order valence-corrected chi connectivity index (χ1v) is 7.33. The molecule has 2 aromatic heterocycles. The van der Waals surface area contributed by atoms with Crippen molar-refractivity contribution < 1.29 is 9.32 Å². The van der Waals surface area contributed by atoms with E-state index in [0.29, 0.717) is 17.4 Å². The Hall–Kier alpha value is -2.47. The Labute approximate surface area is 125 Å². The Kier molecular flexibility index (Phi) is 3.53. The number of thiophene rings is 1. The van der Waals surface area contributed by atoms with Crippen molar-refractivity contribution in [1.82, 2.24) is 10.1 Å². The molecular weight excluding hydrogens is 286 g/mol. The van der Waals surface area contributed by atoms with Crippen LogP contribution in [0.3, 0.4) is 0 Å². The lowest BCUT2D eigenvalue weighted by Gasteiger charge is -2.05. The lowest BCUT2D eigenvalue weighted by Crippen LogP contribution is -2.06. The van der Waals surface area contributed by atoms with Crippen LogP contribution in [0.4, 0.5) is 5.69 Å². The highest BCUT2D eigenvalue weighted by molar-refractivity contribution is 7.08. The van der Waals surface area contributed by atoms with Crippen molar-refractivity contribution in [3.63, 3.8) is 0 Å². The summed E-state index contributed by atoms with van der Waals surface area (Å²) < 4.78 is 5.34. The monoisotopic (exact) mass is 299 g/mol. The zero-order valence-electron chi connectivity index (χ0n) is 11.6. The Balaban J connectivity index is 2.01. The van der Waals surface area contributed by atoms with E-state index in [2.05, 4.69) is 15.5 Å². The molecule has 0 aliphatic carbocycles. The average molecular weight is 299 g/mol. The molecule has 0 saturated heterocycles. The van der Waals surface area contributed by atoms with Crippen LogP contribution in [-0.4, -0.2) is 16.0 Å². The first kappa shape index (κ1) is 13.5. The SMILES string of the molecule is CC(=O)Nc1ccccc1-c1noc(-c2cscc2C)n1. The average Bonchev–Trinajstić information content (AvgIpc) is 3.07. The van der Waals surface area contributed by atoms with E-state index in [0.717, 1.165) is 16.7 Å². The van der Waals surface area contributed by atoms with E-state index in [1.165, 1.54) is 6.92 Å². The summed E-state index contributed by atoms with van der Waals surface area (Å²) in [6.07, 6.45) is 0. The summed E-state index contributed by atoms with van der Waals surface area (Å²) in [5.74, 6) is 0.807. The van der Waals surface area contributed by atoms with Gasteiger partial charge in [-0.1, -0.05) is 17.3 Å². The molecule has 0 aliphatic heterocycles. The largest absolute Gasteiger partial charge is 0.334 e. The number of aryl methyl sites for hydroxylation is 1. The molecule has 3 rings (SSSR count). The molecule has 0 unspecified atom stereocenters. The highest BCUT2D eigenvalue weighted by Crippen LogP contribution is 2.30. The van der Waals surface area contributed by atoms with Crippen LogP contribution in [0.2, 0.25) is 0 Å². The fraction of sp³-hybridized carbons (Fsp3) is 0.133. The molecule has 0 atom stereocenters. The zero-order chi connectivity index (χ0) is 14.8. The van der Waals surface area contributed by atoms with Gasteiger partial charge in [-0.15, -0.1) is 0 Å². The highest BCUT2D eigenvalue weighted by Gasteiger charge is 2.15. The smallest absolute Gasteiger partial charge is 0.259 e. The van der Waals surface area contributed by atoms with E-state index in [9.17, 15) is 4.79 Å². The topological polar surface area (TPSA) is 68.0 Å². The van der Waals surface area contributed by atoms with Crippen LogP contribution in [0, 0.1) is 6.92 Å². The Morgan fingerprint density at radius 1 is 1.24 bits per heavy atom. The number of amides is 1. The van der Waals surface area contributed by atoms with Crippen molar-refractivity contribution in [3.05, 3.63) is 40.6 Å². The van der Waals surface area contributed by atoms with Gasteiger partial charge in [-0.3, -0.25) is 4.79 Å². The highest BCUT2D eigenvalue weighted by atomic mass is 32.1. The van der Waals surface area contributed by atoms with E-state index in [-0.39, 0.29) is 5.91 Å². The van der Waals surface area contributed by atoms with Crippen LogP contribution in [0.15, 0.2) is 39.5 Å². The van der Waals surface area contributed by atoms with Gasteiger partial charge in [-0.25, -0.2) is 0 Å². The lowest BCUT2D eigenvalue weighted by molar-refractivity contribution is -0.114. The number of carbonyl (C=O) groups excluding carboxylic acids is 1. The first-order chi connectivity index (χ1) is 10.1. The van der Waals surface area contributed by atoms with Gasteiger partial charge in [0.15, 0.2) is 0 Å². The third-order valence-corrected chi connectivity index (χ3v) is 3.85. The summed E-state index contributed by atoms with van der Waals surface area (Å²) in [6.45, 7) is 3.47. The number of hydrogen-bond donors (Lipinski definition) is 1. The molecule has 0 aliphatic rings. The first-order valence-electron chi connectivity index (χ1n) is 6.39. The normalized spacial score (nSPS) is 10.6. The lowest BCUT2D eigenvalue weighted by atomic mass is 10.1. The van der Waals surface area contributed by atoms with Crippen LogP contribution in [0.1, 0.15) is 12.5 Å². The van der Waals surface area contributed by atoms with Gasteiger partial charge in [0.05, 0.1) is 11.3 Å². The minimum atomic E-state index is -0.139. The van der Waals surface area contributed by atoms with E-state index in [4.69, 9.17) is 4.52 Å². The van der Waals surface area contributed by atoms with Gasteiger partial charge in [0.2, 0.25) is 11.7 Å². The fourth-order valence-corrected chi connectivity index (χ4v) is 2.82. The van der Waals surface area contributed by atoms with Crippen molar-refractivity contribution >= 4 is 22.9 Å². The summed E-state index contributed by atoms with van der Waals surface area (Å²) in [4.78, 5) is 15.7. The Bertz CT molecular complexity index is 792. The second kappa shape index (κ2) is 5.49. The molecular formula is C15H13N3O2S. The zero-order valence-corrected chi connectivity index (χ0v) is 12.4. The number of hydrogen-bond acceptors (Lipinski definition) is 5. The molecule has 1 amide bonds. The van der Waals surface area contributed by atoms with Crippen molar-refractivity contribution in [2.45, 2.75) is 13.8 Å². The molecule has 0 saturated carbocycles. The molecule has 0 bridgehead atoms. The Morgan fingerprint density at radius 3 is 2.76 bits per heavy atom. The minimum absolute atomic E-state index is 0.139. The molecule has 106 valence electrons. The van der Waals surface area contributed by atoms with Crippen LogP contribution in [0.5, 0.6) is 0 Å². The van der Waals surface area contributed by atoms with Gasteiger partial charge in [0.1, 0.15) is 0 Å². The summed E-state index contributed by atoms with van der Waals surface area (Å²) in [7, 11) is 0. The fourth-order valence-electron chi connectivity index (χ4n) is 2.00. The van der Waals surface area contributed by atoms with Gasteiger partial charge in [0, 0.05) is 17.9 Å². The second-order valence-electron chi connectivity index (χ2n) is 4.62. The molecule has 0 radical (unpaired) electrons. The standard InChI is InChI=1S/C15H13N3O2S/c1-9-7-21-8-12(9)15-17-14(18-20-15)11-5-3-4-6-13(11)16-10(2)19/h3-8H,1-2H3,(H,16,19). The maximum absolute atomic E-state index is 11.3. The molecule has 3 aromatic rings. The van der Waals surface area contributed by atoms with E-state index >= 15 is 0 Å². The summed E-state index contributed by atoms with van der Waals surface area (Å²) in [5, 5.41) is 10.8. The summed E-state index contributed by atoms with van der Waals surface area (Å²) in [6, 6.07) is 7.37. The van der Waals surface area contributed by atoms with Crippen molar-refractivity contribution in [3.8, 4) is 22.8 Å². The molecule has 0 spiro atoms. The van der Waals surface area contributed by atoms with Gasteiger partial charge in [-0.2, -0.15) is 16.3 Å². The summed E-state index contributed by atoms with van der Waals surface area (Å²) in [5.41, 5.74) is 3.44.